The molecule has 0 bridgehead atoms. The van der Waals surface area contributed by atoms with Crippen LogP contribution in [0.5, 0.6) is 0 Å². The molecule has 0 unspecified atom stereocenters. The van der Waals surface area contributed by atoms with Crippen molar-refractivity contribution in [1.29, 1.82) is 0 Å². The summed E-state index contributed by atoms with van der Waals surface area (Å²) >= 11 is 18.4. The van der Waals surface area contributed by atoms with Crippen LogP contribution in [0.15, 0.2) is 71.6 Å². The molecule has 0 spiro atoms. The van der Waals surface area contributed by atoms with Gasteiger partial charge in [-0.25, -0.2) is 8.42 Å². The fourth-order valence-corrected chi connectivity index (χ4v) is 6.04. The lowest BCUT2D eigenvalue weighted by atomic mass is 10.1. The normalized spacial score (nSPS) is 12.9. The first-order valence-corrected chi connectivity index (χ1v) is 15.4. The summed E-state index contributed by atoms with van der Waals surface area (Å²) in [6.45, 7) is 5.49. The van der Waals surface area contributed by atoms with Gasteiger partial charge >= 0.3 is 6.18 Å². The van der Waals surface area contributed by atoms with E-state index >= 15 is 0 Å². The number of hydrogen-bond donors (Lipinski definition) is 1. The van der Waals surface area contributed by atoms with Crippen LogP contribution in [0.2, 0.25) is 15.1 Å². The lowest BCUT2D eigenvalue weighted by Gasteiger charge is -2.33. The lowest BCUT2D eigenvalue weighted by Crippen LogP contribution is -2.54. The Bertz CT molecular complexity index is 1600. The average molecular weight is 679 g/mol. The Hall–Kier alpha value is -2.99. The van der Waals surface area contributed by atoms with Crippen LogP contribution in [-0.2, 0) is 32.3 Å². The van der Waals surface area contributed by atoms with Crippen molar-refractivity contribution in [2.45, 2.75) is 56.9 Å². The van der Waals surface area contributed by atoms with Crippen LogP contribution in [-0.4, -0.2) is 43.3 Å². The molecule has 0 aliphatic carbocycles. The molecule has 0 fully saturated rings. The van der Waals surface area contributed by atoms with E-state index in [1.54, 1.807) is 32.9 Å². The van der Waals surface area contributed by atoms with Crippen LogP contribution in [0.25, 0.3) is 0 Å². The number of sulfonamides is 1. The second kappa shape index (κ2) is 13.3. The second-order valence-corrected chi connectivity index (χ2v) is 13.8. The highest BCUT2D eigenvalue weighted by Gasteiger charge is 2.36. The summed E-state index contributed by atoms with van der Waals surface area (Å²) in [6.07, 6.45) is -4.83. The summed E-state index contributed by atoms with van der Waals surface area (Å²) in [6, 6.07) is 12.5. The maximum atomic E-state index is 14.0. The third-order valence-corrected chi connectivity index (χ3v) is 8.99. The number of nitrogens with zero attached hydrogens (tertiary/aromatic N) is 2. The average Bonchev–Trinajstić information content (AvgIpc) is 2.91. The van der Waals surface area contributed by atoms with Crippen LogP contribution in [0.4, 0.5) is 18.9 Å². The smallest absolute Gasteiger partial charge is 0.350 e. The minimum Gasteiger partial charge on any atom is -0.350 e. The highest BCUT2D eigenvalue weighted by molar-refractivity contribution is 7.92. The van der Waals surface area contributed by atoms with Gasteiger partial charge in [0.05, 0.1) is 31.2 Å². The van der Waals surface area contributed by atoms with Gasteiger partial charge in [0.25, 0.3) is 10.0 Å². The number of rotatable bonds is 9. The molecule has 43 heavy (non-hydrogen) atoms. The van der Waals surface area contributed by atoms with Crippen LogP contribution in [0.1, 0.15) is 38.8 Å². The molecule has 0 heterocycles. The quantitative estimate of drug-likeness (QED) is 0.260. The van der Waals surface area contributed by atoms with E-state index in [1.807, 2.05) is 0 Å². The van der Waals surface area contributed by atoms with Crippen LogP contribution < -0.4 is 9.62 Å². The van der Waals surface area contributed by atoms with Gasteiger partial charge in [-0.15, -0.1) is 0 Å². The minimum absolute atomic E-state index is 0.183. The molecule has 3 rings (SSSR count). The maximum Gasteiger partial charge on any atom is 0.416 e. The third kappa shape index (κ3) is 8.78. The minimum atomic E-state index is -4.83. The van der Waals surface area contributed by atoms with Gasteiger partial charge in [-0.05, 0) is 75.7 Å². The number of nitrogens with one attached hydrogen (secondary N) is 1. The summed E-state index contributed by atoms with van der Waals surface area (Å²) in [4.78, 5) is 28.0. The summed E-state index contributed by atoms with van der Waals surface area (Å²) < 4.78 is 69.2. The van der Waals surface area contributed by atoms with Crippen molar-refractivity contribution < 1.29 is 31.2 Å². The van der Waals surface area contributed by atoms with Gasteiger partial charge in [0.1, 0.15) is 12.6 Å². The summed E-state index contributed by atoms with van der Waals surface area (Å²) in [5, 5.41) is 2.87. The Morgan fingerprint density at radius 1 is 0.884 bits per heavy atom. The van der Waals surface area contributed by atoms with Crippen LogP contribution in [0.3, 0.4) is 0 Å². The molecule has 14 heteroatoms. The van der Waals surface area contributed by atoms with Gasteiger partial charge in [0.2, 0.25) is 11.8 Å². The first-order chi connectivity index (χ1) is 19.8. The summed E-state index contributed by atoms with van der Waals surface area (Å²) in [5.41, 5.74) is -1.93. The highest BCUT2D eigenvalue weighted by Crippen LogP contribution is 2.37. The van der Waals surface area contributed by atoms with Crippen molar-refractivity contribution in [2.24, 2.45) is 0 Å². The number of hydrogen-bond acceptors (Lipinski definition) is 4. The zero-order chi connectivity index (χ0) is 32.3. The molecule has 3 aromatic carbocycles. The molecule has 3 aromatic rings. The zero-order valence-corrected chi connectivity index (χ0v) is 26.6. The Morgan fingerprint density at radius 3 is 2.05 bits per heavy atom. The predicted molar refractivity (Wildman–Crippen MR) is 162 cm³/mol. The Labute approximate surface area is 263 Å². The standard InChI is InChI=1S/C29H29Cl3F3N3O4S/c1-18(27(40)36-28(2,3)4)37(16-19-10-12-22(30)24(32)14-19)26(39)17-38(43(41,42)21-8-6-5-7-9-21)25-15-20(29(33,34)35)11-13-23(25)31/h5-15,18H,16-17H2,1-4H3,(H,36,40)/t18-/m1/s1. The molecule has 0 saturated carbocycles. The van der Waals surface area contributed by atoms with Crippen molar-refractivity contribution in [3.63, 3.8) is 0 Å². The molecule has 0 aromatic heterocycles. The Morgan fingerprint density at radius 2 is 1.49 bits per heavy atom. The molecular formula is C29H29Cl3F3N3O4S. The molecule has 0 saturated heterocycles. The van der Waals surface area contributed by atoms with Crippen LogP contribution >= 0.6 is 34.8 Å². The number of benzene rings is 3. The largest absolute Gasteiger partial charge is 0.416 e. The molecule has 0 radical (unpaired) electrons. The summed E-state index contributed by atoms with van der Waals surface area (Å²) in [5.74, 6) is -1.44. The fraction of sp³-hybridized carbons (Fsp3) is 0.310. The molecule has 0 aliphatic rings. The van der Waals surface area contributed by atoms with Crippen molar-refractivity contribution >= 4 is 62.3 Å². The van der Waals surface area contributed by atoms with E-state index in [4.69, 9.17) is 34.8 Å². The van der Waals surface area contributed by atoms with Gasteiger partial charge in [0, 0.05) is 12.1 Å². The number of carbonyl (C=O) groups is 2. The highest BCUT2D eigenvalue weighted by atomic mass is 35.5. The van der Waals surface area contributed by atoms with E-state index in [1.165, 1.54) is 43.3 Å². The Balaban J connectivity index is 2.14. The van der Waals surface area contributed by atoms with Crippen LogP contribution in [0, 0.1) is 0 Å². The van der Waals surface area contributed by atoms with E-state index in [2.05, 4.69) is 5.32 Å². The molecule has 7 nitrogen and oxygen atoms in total. The van der Waals surface area contributed by atoms with Gasteiger partial charge < -0.3 is 10.2 Å². The number of amides is 2. The van der Waals surface area contributed by atoms with Gasteiger partial charge in [-0.2, -0.15) is 13.2 Å². The van der Waals surface area contributed by atoms with Gasteiger partial charge in [0.15, 0.2) is 0 Å². The van der Waals surface area contributed by atoms with Gasteiger partial charge in [-0.1, -0.05) is 59.1 Å². The first kappa shape index (κ1) is 34.5. The Kier molecular flexibility index (Phi) is 10.7. The van der Waals surface area contributed by atoms with E-state index in [-0.39, 0.29) is 26.5 Å². The molecule has 1 N–H and O–H groups in total. The number of halogens is 6. The summed E-state index contributed by atoms with van der Waals surface area (Å²) in [7, 11) is -4.63. The van der Waals surface area contributed by atoms with Crippen molar-refractivity contribution in [2.75, 3.05) is 10.8 Å². The van der Waals surface area contributed by atoms with Crippen molar-refractivity contribution in [1.82, 2.24) is 10.2 Å². The zero-order valence-electron chi connectivity index (χ0n) is 23.5. The SMILES string of the molecule is C[C@H](C(=O)NC(C)(C)C)N(Cc1ccc(Cl)c(Cl)c1)C(=O)CN(c1cc(C(F)(F)F)ccc1Cl)S(=O)(=O)c1ccccc1. The molecule has 2 amide bonds. The van der Waals surface area contributed by atoms with E-state index < -0.39 is 57.4 Å². The van der Waals surface area contributed by atoms with E-state index in [0.29, 0.717) is 22.0 Å². The second-order valence-electron chi connectivity index (χ2n) is 10.7. The van der Waals surface area contributed by atoms with Crippen molar-refractivity contribution in [3.8, 4) is 0 Å². The van der Waals surface area contributed by atoms with Gasteiger partial charge in [-0.3, -0.25) is 13.9 Å². The molecule has 232 valence electrons. The molecular weight excluding hydrogens is 650 g/mol. The fourth-order valence-electron chi connectivity index (χ4n) is 4.00. The predicted octanol–water partition coefficient (Wildman–Crippen LogP) is 7.19. The van der Waals surface area contributed by atoms with E-state index in [0.717, 1.165) is 11.0 Å². The number of carbonyl (C=O) groups excluding carboxylic acids is 2. The third-order valence-electron chi connectivity index (χ3n) is 6.15. The maximum absolute atomic E-state index is 14.0. The monoisotopic (exact) mass is 677 g/mol. The number of alkyl halides is 3. The molecule has 1 atom stereocenters. The van der Waals surface area contributed by atoms with E-state index in [9.17, 15) is 31.2 Å². The van der Waals surface area contributed by atoms with Crippen molar-refractivity contribution in [3.05, 3.63) is 92.9 Å². The first-order valence-electron chi connectivity index (χ1n) is 12.8. The lowest BCUT2D eigenvalue weighted by molar-refractivity contribution is -0.140. The number of anilines is 1. The molecule has 0 aliphatic heterocycles. The topological polar surface area (TPSA) is 86.8 Å².